The zero-order chi connectivity index (χ0) is 17.0. The fraction of sp³-hybridized carbons (Fsp3) is 0.0667. The van der Waals surface area contributed by atoms with E-state index < -0.39 is 5.91 Å². The van der Waals surface area contributed by atoms with Crippen molar-refractivity contribution in [1.29, 1.82) is 0 Å². The molecule has 0 bridgehead atoms. The number of methoxy groups -OCH3 is 1. The molecule has 120 valence electrons. The van der Waals surface area contributed by atoms with Gasteiger partial charge in [-0.1, -0.05) is 22.0 Å². The lowest BCUT2D eigenvalue weighted by Gasteiger charge is -2.07. The normalized spacial score (nSPS) is 10.7. The summed E-state index contributed by atoms with van der Waals surface area (Å²) in [6.45, 7) is 0. The van der Waals surface area contributed by atoms with Crippen molar-refractivity contribution in [2.45, 2.75) is 0 Å². The second kappa shape index (κ2) is 7.47. The molecule has 0 saturated carbocycles. The first-order valence-corrected chi connectivity index (χ1v) is 7.96. The first-order valence-electron chi connectivity index (χ1n) is 6.38. The zero-order valence-electron chi connectivity index (χ0n) is 12.0. The fourth-order valence-corrected chi connectivity index (χ4v) is 3.03. The Bertz CT molecular complexity index is 779. The standard InChI is InChI=1S/C15H13Br2N3O3/c1-23-12-4-2-3-8(14(12)21)7-19-20-15(22)10-5-9(16)6-11(17)13(10)18/h2-7,21H,18H2,1H3,(H,20,22)/b19-7-. The number of phenolic OH excluding ortho intramolecular Hbond substituents is 1. The number of benzene rings is 2. The second-order valence-corrected chi connectivity index (χ2v) is 6.22. The highest BCUT2D eigenvalue weighted by atomic mass is 79.9. The summed E-state index contributed by atoms with van der Waals surface area (Å²) < 4.78 is 6.31. The monoisotopic (exact) mass is 441 g/mol. The largest absolute Gasteiger partial charge is 0.504 e. The molecule has 0 radical (unpaired) electrons. The van der Waals surface area contributed by atoms with Gasteiger partial charge in [0.1, 0.15) is 0 Å². The molecule has 0 unspecified atom stereocenters. The third kappa shape index (κ3) is 4.02. The van der Waals surface area contributed by atoms with Crippen LogP contribution in [-0.4, -0.2) is 24.3 Å². The molecule has 0 saturated heterocycles. The van der Waals surface area contributed by atoms with E-state index in [9.17, 15) is 9.90 Å². The number of hydrogen-bond acceptors (Lipinski definition) is 5. The van der Waals surface area contributed by atoms with Crippen LogP contribution in [0.3, 0.4) is 0 Å². The number of nitrogens with two attached hydrogens (primary N) is 1. The van der Waals surface area contributed by atoms with E-state index in [0.29, 0.717) is 25.9 Å². The van der Waals surface area contributed by atoms with Crippen LogP contribution in [0.4, 0.5) is 5.69 Å². The molecule has 1 amide bonds. The summed E-state index contributed by atoms with van der Waals surface area (Å²) in [6.07, 6.45) is 1.32. The van der Waals surface area contributed by atoms with Crippen LogP contribution in [0.5, 0.6) is 11.5 Å². The average Bonchev–Trinajstić information content (AvgIpc) is 2.52. The van der Waals surface area contributed by atoms with Gasteiger partial charge in [0.25, 0.3) is 5.91 Å². The van der Waals surface area contributed by atoms with Crippen LogP contribution in [0.1, 0.15) is 15.9 Å². The second-order valence-electron chi connectivity index (χ2n) is 4.45. The molecule has 0 spiro atoms. The molecule has 0 atom stereocenters. The van der Waals surface area contributed by atoms with Crippen LogP contribution in [0, 0.1) is 0 Å². The first-order chi connectivity index (χ1) is 10.9. The zero-order valence-corrected chi connectivity index (χ0v) is 15.2. The average molecular weight is 443 g/mol. The molecular weight excluding hydrogens is 430 g/mol. The van der Waals surface area contributed by atoms with E-state index in [1.54, 1.807) is 30.3 Å². The lowest BCUT2D eigenvalue weighted by atomic mass is 10.2. The summed E-state index contributed by atoms with van der Waals surface area (Å²) in [7, 11) is 1.45. The molecule has 8 heteroatoms. The fourth-order valence-electron chi connectivity index (χ4n) is 1.80. The van der Waals surface area contributed by atoms with Crippen molar-refractivity contribution < 1.29 is 14.6 Å². The number of nitrogens with one attached hydrogen (secondary N) is 1. The number of carbonyl (C=O) groups is 1. The minimum absolute atomic E-state index is 0.0577. The van der Waals surface area contributed by atoms with E-state index in [0.717, 1.165) is 0 Å². The van der Waals surface area contributed by atoms with Crippen molar-refractivity contribution in [2.24, 2.45) is 5.10 Å². The summed E-state index contributed by atoms with van der Waals surface area (Å²) in [5.74, 6) is -0.207. The Morgan fingerprint density at radius 3 is 2.83 bits per heavy atom. The lowest BCUT2D eigenvalue weighted by Crippen LogP contribution is -2.19. The number of aromatic hydroxyl groups is 1. The Kier molecular flexibility index (Phi) is 5.62. The SMILES string of the molecule is COc1cccc(/C=N\NC(=O)c2cc(Br)cc(Br)c2N)c1O. The Morgan fingerprint density at radius 1 is 1.39 bits per heavy atom. The molecule has 0 aliphatic carbocycles. The Labute approximate surface area is 149 Å². The highest BCUT2D eigenvalue weighted by Crippen LogP contribution is 2.29. The number of ether oxygens (including phenoxy) is 1. The molecule has 0 aliphatic rings. The van der Waals surface area contributed by atoms with E-state index in [4.69, 9.17) is 10.5 Å². The Morgan fingerprint density at radius 2 is 2.13 bits per heavy atom. The quantitative estimate of drug-likeness (QED) is 0.384. The molecule has 0 fully saturated rings. The first kappa shape index (κ1) is 17.3. The van der Waals surface area contributed by atoms with Gasteiger partial charge in [0, 0.05) is 14.5 Å². The minimum Gasteiger partial charge on any atom is -0.504 e. The van der Waals surface area contributed by atoms with Gasteiger partial charge in [-0.05, 0) is 40.2 Å². The van der Waals surface area contributed by atoms with Crippen LogP contribution in [-0.2, 0) is 0 Å². The number of rotatable bonds is 4. The van der Waals surface area contributed by atoms with Gasteiger partial charge in [0.05, 0.1) is 24.6 Å². The van der Waals surface area contributed by atoms with E-state index >= 15 is 0 Å². The van der Waals surface area contributed by atoms with Crippen LogP contribution >= 0.6 is 31.9 Å². The highest BCUT2D eigenvalue weighted by molar-refractivity contribution is 9.11. The maximum absolute atomic E-state index is 12.1. The Hall–Kier alpha value is -2.06. The number of hydrogen-bond donors (Lipinski definition) is 3. The molecule has 0 aromatic heterocycles. The number of para-hydroxylation sites is 1. The maximum Gasteiger partial charge on any atom is 0.273 e. The highest BCUT2D eigenvalue weighted by Gasteiger charge is 2.13. The third-order valence-electron chi connectivity index (χ3n) is 2.96. The van der Waals surface area contributed by atoms with Gasteiger partial charge in [-0.3, -0.25) is 4.79 Å². The minimum atomic E-state index is -0.469. The molecule has 6 nitrogen and oxygen atoms in total. The van der Waals surface area contributed by atoms with Gasteiger partial charge >= 0.3 is 0 Å². The Balaban J connectivity index is 2.17. The third-order valence-corrected chi connectivity index (χ3v) is 4.07. The van der Waals surface area contributed by atoms with Crippen molar-refractivity contribution in [1.82, 2.24) is 5.43 Å². The molecule has 2 rings (SSSR count). The molecule has 23 heavy (non-hydrogen) atoms. The van der Waals surface area contributed by atoms with Gasteiger partial charge in [-0.2, -0.15) is 5.10 Å². The van der Waals surface area contributed by atoms with Gasteiger partial charge in [-0.15, -0.1) is 0 Å². The van der Waals surface area contributed by atoms with Gasteiger partial charge in [0.2, 0.25) is 0 Å². The summed E-state index contributed by atoms with van der Waals surface area (Å²) in [4.78, 5) is 12.1. The number of anilines is 1. The smallest absolute Gasteiger partial charge is 0.273 e. The molecule has 2 aromatic carbocycles. The van der Waals surface area contributed by atoms with Gasteiger partial charge in [-0.25, -0.2) is 5.43 Å². The molecular formula is C15H13Br2N3O3. The van der Waals surface area contributed by atoms with Crippen LogP contribution in [0.2, 0.25) is 0 Å². The van der Waals surface area contributed by atoms with Crippen molar-refractivity contribution in [2.75, 3.05) is 12.8 Å². The number of nitrogens with zero attached hydrogens (tertiary/aromatic N) is 1. The van der Waals surface area contributed by atoms with Crippen LogP contribution in [0.15, 0.2) is 44.4 Å². The predicted octanol–water partition coefficient (Wildman–Crippen LogP) is 3.27. The van der Waals surface area contributed by atoms with Gasteiger partial charge < -0.3 is 15.6 Å². The van der Waals surface area contributed by atoms with E-state index in [2.05, 4.69) is 42.4 Å². The topological polar surface area (TPSA) is 96.9 Å². The molecule has 4 N–H and O–H groups in total. The van der Waals surface area contributed by atoms with Crippen molar-refractivity contribution in [3.63, 3.8) is 0 Å². The van der Waals surface area contributed by atoms with Crippen LogP contribution in [0.25, 0.3) is 0 Å². The molecule has 2 aromatic rings. The predicted molar refractivity (Wildman–Crippen MR) is 96.0 cm³/mol. The molecule has 0 aliphatic heterocycles. The van der Waals surface area contributed by atoms with E-state index in [1.807, 2.05) is 0 Å². The van der Waals surface area contributed by atoms with Crippen molar-refractivity contribution >= 4 is 49.7 Å². The number of nitrogen functional groups attached to an aromatic ring is 1. The number of phenols is 1. The number of halogens is 2. The summed E-state index contributed by atoms with van der Waals surface area (Å²) in [6, 6.07) is 8.28. The summed E-state index contributed by atoms with van der Waals surface area (Å²) in [5, 5.41) is 13.8. The van der Waals surface area contributed by atoms with E-state index in [-0.39, 0.29) is 11.3 Å². The van der Waals surface area contributed by atoms with E-state index in [1.165, 1.54) is 13.3 Å². The van der Waals surface area contributed by atoms with Crippen molar-refractivity contribution in [3.8, 4) is 11.5 Å². The molecule has 0 heterocycles. The number of hydrazone groups is 1. The van der Waals surface area contributed by atoms with Gasteiger partial charge in [0.15, 0.2) is 11.5 Å². The lowest BCUT2D eigenvalue weighted by molar-refractivity contribution is 0.0956. The van der Waals surface area contributed by atoms with Crippen LogP contribution < -0.4 is 15.9 Å². The maximum atomic E-state index is 12.1. The number of amides is 1. The summed E-state index contributed by atoms with van der Waals surface area (Å²) >= 11 is 6.57. The summed E-state index contributed by atoms with van der Waals surface area (Å²) in [5.41, 5.74) is 9.22. The number of carbonyl (C=O) groups excluding carboxylic acids is 1. The van der Waals surface area contributed by atoms with Crippen molar-refractivity contribution in [3.05, 3.63) is 50.4 Å².